The first-order chi connectivity index (χ1) is 11.6. The van der Waals surface area contributed by atoms with Crippen molar-refractivity contribution in [2.75, 3.05) is 6.61 Å². The van der Waals surface area contributed by atoms with Gasteiger partial charge in [-0.15, -0.1) is 0 Å². The first kappa shape index (κ1) is 16.0. The van der Waals surface area contributed by atoms with Crippen LogP contribution in [0.15, 0.2) is 54.6 Å². The molecule has 3 aromatic carbocycles. The van der Waals surface area contributed by atoms with Gasteiger partial charge < -0.3 is 20.1 Å². The van der Waals surface area contributed by atoms with Gasteiger partial charge >= 0.3 is 0 Å². The van der Waals surface area contributed by atoms with Crippen molar-refractivity contribution in [1.29, 1.82) is 0 Å². The molecule has 3 rings (SSSR count). The minimum atomic E-state index is -0.0980. The van der Waals surface area contributed by atoms with Crippen LogP contribution < -0.4 is 4.74 Å². The maximum atomic E-state index is 9.60. The molecule has 0 saturated carbocycles. The highest BCUT2D eigenvalue weighted by Gasteiger charge is 2.03. The van der Waals surface area contributed by atoms with E-state index in [1.807, 2.05) is 24.3 Å². The normalized spacial score (nSPS) is 10.8. The van der Waals surface area contributed by atoms with Crippen LogP contribution in [0.5, 0.6) is 23.0 Å². The summed E-state index contributed by atoms with van der Waals surface area (Å²) in [7, 11) is 0. The van der Waals surface area contributed by atoms with Gasteiger partial charge in [0.15, 0.2) is 11.5 Å². The van der Waals surface area contributed by atoms with E-state index in [9.17, 15) is 15.3 Å². The van der Waals surface area contributed by atoms with E-state index in [0.29, 0.717) is 12.4 Å². The summed E-state index contributed by atoms with van der Waals surface area (Å²) in [6, 6.07) is 16.0. The Kier molecular flexibility index (Phi) is 4.75. The number of ether oxygens (including phenoxy) is 1. The third-order valence-electron chi connectivity index (χ3n) is 3.94. The largest absolute Gasteiger partial charge is 0.508 e. The van der Waals surface area contributed by atoms with Crippen molar-refractivity contribution >= 4 is 10.8 Å². The van der Waals surface area contributed by atoms with Gasteiger partial charge in [-0.2, -0.15) is 0 Å². The zero-order valence-corrected chi connectivity index (χ0v) is 13.3. The molecule has 3 aromatic rings. The number of hydrogen-bond donors (Lipinski definition) is 3. The maximum Gasteiger partial charge on any atom is 0.158 e. The highest BCUT2D eigenvalue weighted by molar-refractivity contribution is 5.86. The van der Waals surface area contributed by atoms with E-state index in [-0.39, 0.29) is 17.2 Å². The molecule has 0 aliphatic rings. The Morgan fingerprint density at radius 2 is 1.54 bits per heavy atom. The van der Waals surface area contributed by atoms with E-state index in [1.165, 1.54) is 5.56 Å². The number of unbranched alkanes of at least 4 members (excludes halogenated alkanes) is 1. The van der Waals surface area contributed by atoms with Crippen molar-refractivity contribution in [3.8, 4) is 23.0 Å². The van der Waals surface area contributed by atoms with Crippen LogP contribution >= 0.6 is 0 Å². The SMILES string of the molecule is Oc1cccc(OCCCCc2ccc3cc(O)c(O)cc3c2)c1. The van der Waals surface area contributed by atoms with Crippen LogP contribution in [-0.4, -0.2) is 21.9 Å². The zero-order chi connectivity index (χ0) is 16.9. The van der Waals surface area contributed by atoms with Crippen LogP contribution in [0.25, 0.3) is 10.8 Å². The third kappa shape index (κ3) is 3.90. The topological polar surface area (TPSA) is 69.9 Å². The lowest BCUT2D eigenvalue weighted by atomic mass is 10.0. The molecule has 0 fully saturated rings. The lowest BCUT2D eigenvalue weighted by Crippen LogP contribution is -1.98. The molecule has 4 nitrogen and oxygen atoms in total. The third-order valence-corrected chi connectivity index (χ3v) is 3.94. The molecule has 0 aromatic heterocycles. The number of hydrogen-bond acceptors (Lipinski definition) is 4. The van der Waals surface area contributed by atoms with Crippen molar-refractivity contribution in [2.24, 2.45) is 0 Å². The summed E-state index contributed by atoms with van der Waals surface area (Å²) in [5, 5.41) is 30.3. The van der Waals surface area contributed by atoms with E-state index in [1.54, 1.807) is 30.3 Å². The van der Waals surface area contributed by atoms with Gasteiger partial charge in [-0.05, 0) is 59.9 Å². The van der Waals surface area contributed by atoms with Gasteiger partial charge in [-0.1, -0.05) is 24.3 Å². The first-order valence-corrected chi connectivity index (χ1v) is 7.98. The van der Waals surface area contributed by atoms with Crippen molar-refractivity contribution in [2.45, 2.75) is 19.3 Å². The monoisotopic (exact) mass is 324 g/mol. The van der Waals surface area contributed by atoms with E-state index < -0.39 is 0 Å². The number of benzene rings is 3. The van der Waals surface area contributed by atoms with Gasteiger partial charge in [0.1, 0.15) is 11.5 Å². The summed E-state index contributed by atoms with van der Waals surface area (Å²) in [5.74, 6) is 0.687. The molecule has 3 N–H and O–H groups in total. The molecular weight excluding hydrogens is 304 g/mol. The molecule has 124 valence electrons. The fourth-order valence-corrected chi connectivity index (χ4v) is 2.67. The predicted molar refractivity (Wildman–Crippen MR) is 93.8 cm³/mol. The number of aromatic hydroxyl groups is 3. The summed E-state index contributed by atoms with van der Waals surface area (Å²) < 4.78 is 5.60. The van der Waals surface area contributed by atoms with Crippen LogP contribution in [-0.2, 0) is 6.42 Å². The summed E-state index contributed by atoms with van der Waals surface area (Å²) in [6.07, 6.45) is 2.81. The molecule has 0 amide bonds. The van der Waals surface area contributed by atoms with Crippen molar-refractivity contribution in [3.63, 3.8) is 0 Å². The van der Waals surface area contributed by atoms with Gasteiger partial charge in [-0.25, -0.2) is 0 Å². The van der Waals surface area contributed by atoms with Crippen molar-refractivity contribution < 1.29 is 20.1 Å². The van der Waals surface area contributed by atoms with Crippen LogP contribution in [0.4, 0.5) is 0 Å². The maximum absolute atomic E-state index is 9.60. The second kappa shape index (κ2) is 7.13. The van der Waals surface area contributed by atoms with Crippen LogP contribution in [0, 0.1) is 0 Å². The van der Waals surface area contributed by atoms with Gasteiger partial charge in [0, 0.05) is 6.07 Å². The second-order valence-corrected chi connectivity index (χ2v) is 5.83. The number of phenols is 3. The van der Waals surface area contributed by atoms with E-state index in [2.05, 4.69) is 0 Å². The van der Waals surface area contributed by atoms with Gasteiger partial charge in [-0.3, -0.25) is 0 Å². The molecular formula is C20H20O4. The fraction of sp³-hybridized carbons (Fsp3) is 0.200. The highest BCUT2D eigenvalue weighted by atomic mass is 16.5. The summed E-state index contributed by atoms with van der Waals surface area (Å²) in [5.41, 5.74) is 1.19. The zero-order valence-electron chi connectivity index (χ0n) is 13.3. The minimum Gasteiger partial charge on any atom is -0.508 e. The molecule has 4 heteroatoms. The summed E-state index contributed by atoms with van der Waals surface area (Å²) >= 11 is 0. The van der Waals surface area contributed by atoms with E-state index in [0.717, 1.165) is 30.0 Å². The van der Waals surface area contributed by atoms with Gasteiger partial charge in [0.25, 0.3) is 0 Å². The highest BCUT2D eigenvalue weighted by Crippen LogP contribution is 2.30. The molecule has 0 aliphatic carbocycles. The van der Waals surface area contributed by atoms with Crippen molar-refractivity contribution in [1.82, 2.24) is 0 Å². The predicted octanol–water partition coefficient (Wildman–Crippen LogP) is 4.36. The Labute approximate surface area is 140 Å². The number of aryl methyl sites for hydroxylation is 1. The first-order valence-electron chi connectivity index (χ1n) is 7.98. The standard InChI is InChI=1S/C20H20O4/c21-17-5-3-6-18(13-17)24-9-2-1-4-14-7-8-15-11-19(22)20(23)12-16(15)10-14/h3,5-8,10-13,21-23H,1-2,4,9H2. The average molecular weight is 324 g/mol. The molecule has 0 spiro atoms. The molecule has 0 atom stereocenters. The van der Waals surface area contributed by atoms with Crippen LogP contribution in [0.2, 0.25) is 0 Å². The molecule has 0 unspecified atom stereocenters. The van der Waals surface area contributed by atoms with Crippen LogP contribution in [0.3, 0.4) is 0 Å². The Morgan fingerprint density at radius 1 is 0.750 bits per heavy atom. The Morgan fingerprint density at radius 3 is 2.33 bits per heavy atom. The Balaban J connectivity index is 1.51. The fourth-order valence-electron chi connectivity index (χ4n) is 2.67. The lowest BCUT2D eigenvalue weighted by molar-refractivity contribution is 0.305. The Hall–Kier alpha value is -2.88. The number of fused-ring (bicyclic) bond motifs is 1. The summed E-state index contributed by atoms with van der Waals surface area (Å²) in [6.45, 7) is 0.603. The Bertz CT molecular complexity index is 842. The number of phenolic OH excluding ortho intramolecular Hbond substituents is 3. The number of rotatable bonds is 6. The van der Waals surface area contributed by atoms with E-state index >= 15 is 0 Å². The second-order valence-electron chi connectivity index (χ2n) is 5.83. The van der Waals surface area contributed by atoms with Crippen molar-refractivity contribution in [3.05, 3.63) is 60.2 Å². The molecule has 0 bridgehead atoms. The quantitative estimate of drug-likeness (QED) is 0.465. The molecule has 0 heterocycles. The van der Waals surface area contributed by atoms with Crippen LogP contribution in [0.1, 0.15) is 18.4 Å². The molecule has 0 radical (unpaired) electrons. The molecule has 0 saturated heterocycles. The minimum absolute atomic E-state index is 0.0978. The average Bonchev–Trinajstić information content (AvgIpc) is 2.56. The molecule has 24 heavy (non-hydrogen) atoms. The smallest absolute Gasteiger partial charge is 0.158 e. The summed E-state index contributed by atoms with van der Waals surface area (Å²) in [4.78, 5) is 0. The molecule has 0 aliphatic heterocycles. The van der Waals surface area contributed by atoms with E-state index in [4.69, 9.17) is 4.74 Å². The van der Waals surface area contributed by atoms with Gasteiger partial charge in [0.05, 0.1) is 6.61 Å². The van der Waals surface area contributed by atoms with Gasteiger partial charge in [0.2, 0.25) is 0 Å². The lowest BCUT2D eigenvalue weighted by Gasteiger charge is -2.07.